The van der Waals surface area contributed by atoms with Crippen LogP contribution in [-0.4, -0.2) is 6.11 Å². The Labute approximate surface area is 268 Å². The van der Waals surface area contributed by atoms with Crippen molar-refractivity contribution in [3.05, 3.63) is 118 Å². The first-order valence-electron chi connectivity index (χ1n) is 14.9. The topological polar surface area (TPSA) is 18.5 Å². The van der Waals surface area contributed by atoms with Gasteiger partial charge in [0.2, 0.25) is 0 Å². The molecule has 4 aromatic carbocycles. The lowest BCUT2D eigenvalue weighted by atomic mass is 9.79. The van der Waals surface area contributed by atoms with E-state index < -0.39 is 88.4 Å². The van der Waals surface area contributed by atoms with Gasteiger partial charge in [0.15, 0.2) is 17.5 Å². The number of rotatable bonds is 10. The first-order chi connectivity index (χ1) is 22.5. The fourth-order valence-corrected chi connectivity index (χ4v) is 5.72. The zero-order chi connectivity index (χ0) is 35.0. The van der Waals surface area contributed by atoms with Gasteiger partial charge in [0.25, 0.3) is 0 Å². The Hall–Kier alpha value is -4.29. The molecule has 0 bridgehead atoms. The van der Waals surface area contributed by atoms with Crippen molar-refractivity contribution in [2.24, 2.45) is 5.92 Å². The largest absolute Gasteiger partial charge is 0.432 e. The fourth-order valence-electron chi connectivity index (χ4n) is 5.72. The molecule has 256 valence electrons. The summed E-state index contributed by atoms with van der Waals surface area (Å²) < 4.78 is 166. The maximum atomic E-state index is 15.0. The summed E-state index contributed by atoms with van der Waals surface area (Å²) >= 11 is 0. The zero-order valence-electron chi connectivity index (χ0n) is 25.1. The maximum absolute atomic E-state index is 15.0. The predicted molar refractivity (Wildman–Crippen MR) is 153 cm³/mol. The summed E-state index contributed by atoms with van der Waals surface area (Å²) in [5, 5.41) is 0. The van der Waals surface area contributed by atoms with Crippen LogP contribution in [0.1, 0.15) is 61.6 Å². The van der Waals surface area contributed by atoms with Gasteiger partial charge in [-0.25, -0.2) is 30.7 Å². The second kappa shape index (κ2) is 13.7. The summed E-state index contributed by atoms with van der Waals surface area (Å²) in [6.07, 6.45) is -7.41. The van der Waals surface area contributed by atoms with Crippen molar-refractivity contribution in [2.45, 2.75) is 63.6 Å². The van der Waals surface area contributed by atoms with E-state index in [2.05, 4.69) is 16.4 Å². The molecule has 0 aromatic heterocycles. The smallest absolute Gasteiger partial charge is 0.432 e. The number of hydrogen-bond acceptors (Lipinski definition) is 2. The Morgan fingerprint density at radius 2 is 1.10 bits per heavy atom. The van der Waals surface area contributed by atoms with Crippen LogP contribution >= 0.6 is 0 Å². The molecule has 48 heavy (non-hydrogen) atoms. The lowest BCUT2D eigenvalue weighted by molar-refractivity contribution is -0.189. The van der Waals surface area contributed by atoms with Gasteiger partial charge in [-0.3, -0.25) is 0 Å². The van der Waals surface area contributed by atoms with E-state index in [-0.39, 0.29) is 29.8 Å². The number of alkyl halides is 4. The van der Waals surface area contributed by atoms with Gasteiger partial charge in [-0.1, -0.05) is 44.0 Å². The van der Waals surface area contributed by atoms with Gasteiger partial charge in [-0.2, -0.15) is 17.6 Å². The molecule has 0 amide bonds. The average molecular weight is 689 g/mol. The molecule has 1 fully saturated rings. The molecule has 5 rings (SSSR count). The number of halogens is 11. The Morgan fingerprint density at radius 1 is 0.604 bits per heavy atom. The third kappa shape index (κ3) is 7.87. The van der Waals surface area contributed by atoms with E-state index in [0.717, 1.165) is 31.2 Å². The van der Waals surface area contributed by atoms with E-state index in [1.807, 2.05) is 12.1 Å². The van der Waals surface area contributed by atoms with Crippen LogP contribution < -0.4 is 9.47 Å². The van der Waals surface area contributed by atoms with Crippen molar-refractivity contribution in [3.63, 3.8) is 0 Å². The fraction of sp³-hybridized carbons (Fsp3) is 0.314. The highest BCUT2D eigenvalue weighted by Gasteiger charge is 2.42. The van der Waals surface area contributed by atoms with E-state index in [4.69, 9.17) is 0 Å². The Morgan fingerprint density at radius 3 is 1.65 bits per heavy atom. The third-order valence-corrected chi connectivity index (χ3v) is 8.32. The molecule has 0 spiro atoms. The summed E-state index contributed by atoms with van der Waals surface area (Å²) in [6.45, 7) is 2.19. The van der Waals surface area contributed by atoms with E-state index in [1.54, 1.807) is 12.1 Å². The molecule has 0 aliphatic heterocycles. The molecule has 0 unspecified atom stereocenters. The SMILES string of the molecule is CC1CCC(c2ccc(-c3cc(F)c(C(F)(F)Oc4cc(F)c(CCC(F)(F)Oc5cc(F)c(F)c(F)c5)c(F)c4)c(F)c3)cc2)CC1. The Balaban J connectivity index is 1.28. The Kier molecular flexibility index (Phi) is 9.98. The maximum Gasteiger partial charge on any atom is 0.432 e. The summed E-state index contributed by atoms with van der Waals surface area (Å²) in [5.41, 5.74) is -1.46. The molecule has 0 atom stereocenters. The molecule has 1 aliphatic rings. The second-order valence-electron chi connectivity index (χ2n) is 11.8. The van der Waals surface area contributed by atoms with Gasteiger partial charge in [-0.05, 0) is 59.9 Å². The highest BCUT2D eigenvalue weighted by molar-refractivity contribution is 5.64. The van der Waals surface area contributed by atoms with Gasteiger partial charge in [-0.15, -0.1) is 0 Å². The van der Waals surface area contributed by atoms with E-state index in [0.29, 0.717) is 29.5 Å². The molecule has 0 saturated heterocycles. The predicted octanol–water partition coefficient (Wildman–Crippen LogP) is 11.4. The summed E-state index contributed by atoms with van der Waals surface area (Å²) in [4.78, 5) is 0. The molecule has 0 radical (unpaired) electrons. The van der Waals surface area contributed by atoms with Gasteiger partial charge in [0.1, 0.15) is 40.3 Å². The molecular formula is C35H27F11O2. The molecular weight excluding hydrogens is 661 g/mol. The van der Waals surface area contributed by atoms with Crippen molar-refractivity contribution < 1.29 is 57.8 Å². The summed E-state index contributed by atoms with van der Waals surface area (Å²) in [7, 11) is 0. The van der Waals surface area contributed by atoms with Crippen LogP contribution in [0.5, 0.6) is 11.5 Å². The van der Waals surface area contributed by atoms with Crippen molar-refractivity contribution in [3.8, 4) is 22.6 Å². The van der Waals surface area contributed by atoms with Gasteiger partial charge < -0.3 is 9.47 Å². The highest BCUT2D eigenvalue weighted by Crippen LogP contribution is 2.40. The van der Waals surface area contributed by atoms with E-state index in [9.17, 15) is 39.5 Å². The van der Waals surface area contributed by atoms with E-state index >= 15 is 8.78 Å². The lowest BCUT2D eigenvalue weighted by Gasteiger charge is -2.26. The number of benzene rings is 4. The molecule has 0 heterocycles. The highest BCUT2D eigenvalue weighted by atomic mass is 19.3. The van der Waals surface area contributed by atoms with Crippen LogP contribution in [0.15, 0.2) is 60.7 Å². The zero-order valence-corrected chi connectivity index (χ0v) is 25.1. The van der Waals surface area contributed by atoms with Crippen LogP contribution in [0, 0.1) is 46.6 Å². The third-order valence-electron chi connectivity index (χ3n) is 8.32. The average Bonchev–Trinajstić information content (AvgIpc) is 2.99. The summed E-state index contributed by atoms with van der Waals surface area (Å²) in [5.74, 6) is -13.5. The lowest BCUT2D eigenvalue weighted by Crippen LogP contribution is -2.26. The minimum absolute atomic E-state index is 0.0368. The molecule has 1 aliphatic carbocycles. The van der Waals surface area contributed by atoms with E-state index in [1.165, 1.54) is 0 Å². The van der Waals surface area contributed by atoms with Gasteiger partial charge >= 0.3 is 12.2 Å². The second-order valence-corrected chi connectivity index (χ2v) is 11.8. The van der Waals surface area contributed by atoms with Crippen LogP contribution in [0.4, 0.5) is 48.3 Å². The van der Waals surface area contributed by atoms with Crippen LogP contribution in [0.25, 0.3) is 11.1 Å². The first kappa shape index (κ1) is 35.0. The normalized spacial score (nSPS) is 17.0. The minimum atomic E-state index is -4.77. The monoisotopic (exact) mass is 688 g/mol. The summed E-state index contributed by atoms with van der Waals surface area (Å²) in [6, 6.07) is 8.94. The first-order valence-corrected chi connectivity index (χ1v) is 14.9. The Bertz CT molecular complexity index is 1710. The number of ether oxygens (including phenoxy) is 2. The molecule has 13 heteroatoms. The van der Waals surface area contributed by atoms with Crippen molar-refractivity contribution >= 4 is 0 Å². The molecule has 1 saturated carbocycles. The molecule has 4 aromatic rings. The van der Waals surface area contributed by atoms with Crippen LogP contribution in [0.2, 0.25) is 0 Å². The quantitative estimate of drug-likeness (QED) is 0.122. The van der Waals surface area contributed by atoms with Crippen molar-refractivity contribution in [1.82, 2.24) is 0 Å². The van der Waals surface area contributed by atoms with Gasteiger partial charge in [0.05, 0.1) is 6.42 Å². The van der Waals surface area contributed by atoms with Crippen molar-refractivity contribution in [2.75, 3.05) is 0 Å². The minimum Gasteiger partial charge on any atom is -0.432 e. The van der Waals surface area contributed by atoms with Crippen LogP contribution in [0.3, 0.4) is 0 Å². The van der Waals surface area contributed by atoms with Crippen molar-refractivity contribution in [1.29, 1.82) is 0 Å². The molecule has 2 nitrogen and oxygen atoms in total. The van der Waals surface area contributed by atoms with Crippen LogP contribution in [-0.2, 0) is 12.5 Å². The standard InChI is InChI=1S/C35H27F11O2/c1-18-2-4-19(5-3-18)20-6-8-21(9-7-20)22-12-28(38)32(29(39)13-22)35(45,46)48-24-14-26(36)25(27(37)15-24)10-11-34(43,44)47-23-16-30(40)33(42)31(41)17-23/h6-9,12-19H,2-5,10-11H2,1H3. The number of hydrogen-bond donors (Lipinski definition) is 0. The van der Waals surface area contributed by atoms with Gasteiger partial charge in [0, 0.05) is 29.8 Å². The molecule has 0 N–H and O–H groups in total.